The number of sulfonamides is 1. The molecule has 1 aromatic carbocycles. The van der Waals surface area contributed by atoms with Gasteiger partial charge in [-0.2, -0.15) is 4.31 Å². The number of aryl methyl sites for hydroxylation is 2. The molecular weight excluding hydrogens is 426 g/mol. The zero-order valence-electron chi connectivity index (χ0n) is 16.9. The fraction of sp³-hybridized carbons (Fsp3) is 0.400. The smallest absolute Gasteiger partial charge is 0.309 e. The molecule has 1 aliphatic rings. The highest BCUT2D eigenvalue weighted by Crippen LogP contribution is 2.25. The van der Waals surface area contributed by atoms with Crippen LogP contribution in [-0.4, -0.2) is 50.5 Å². The molecule has 2 heterocycles. The van der Waals surface area contributed by atoms with Crippen LogP contribution in [-0.2, 0) is 30.9 Å². The Balaban J connectivity index is 1.64. The molecule has 2 N–H and O–H groups in total. The number of hydrogen-bond acceptors (Lipinski definition) is 6. The van der Waals surface area contributed by atoms with E-state index in [1.165, 1.54) is 15.6 Å². The van der Waals surface area contributed by atoms with Crippen molar-refractivity contribution in [2.45, 2.75) is 37.9 Å². The summed E-state index contributed by atoms with van der Waals surface area (Å²) in [7, 11) is -3.81. The lowest BCUT2D eigenvalue weighted by Gasteiger charge is -2.35. The van der Waals surface area contributed by atoms with Crippen LogP contribution in [0.3, 0.4) is 0 Å². The van der Waals surface area contributed by atoms with Gasteiger partial charge >= 0.3 is 11.8 Å². The standard InChI is InChI=1S/C20H25N3O5S2/c1-14-6-7-15(2)17(11-14)30(26,27)23-8-4-9-28-18(23)13-22-20(25)19(24)21-12-16-5-3-10-29-16/h3,5-7,10-11,18H,4,8-9,12-13H2,1-2H3,(H,21,24)(H,22,25)/t18-/m0/s1. The average molecular weight is 452 g/mol. The van der Waals surface area contributed by atoms with Crippen LogP contribution in [0.1, 0.15) is 22.4 Å². The minimum absolute atomic E-state index is 0.116. The second kappa shape index (κ2) is 9.69. The highest BCUT2D eigenvalue weighted by molar-refractivity contribution is 7.89. The molecule has 162 valence electrons. The molecule has 1 aromatic heterocycles. The van der Waals surface area contributed by atoms with E-state index in [-0.39, 0.29) is 24.5 Å². The molecule has 30 heavy (non-hydrogen) atoms. The highest BCUT2D eigenvalue weighted by Gasteiger charge is 2.35. The van der Waals surface area contributed by atoms with Crippen molar-refractivity contribution in [2.24, 2.45) is 0 Å². The number of rotatable bonds is 6. The Morgan fingerprint density at radius 1 is 1.20 bits per heavy atom. The van der Waals surface area contributed by atoms with E-state index in [9.17, 15) is 18.0 Å². The van der Waals surface area contributed by atoms with Gasteiger partial charge < -0.3 is 15.4 Å². The fourth-order valence-corrected chi connectivity index (χ4v) is 5.66. The van der Waals surface area contributed by atoms with Crippen molar-refractivity contribution < 1.29 is 22.7 Å². The number of hydrogen-bond donors (Lipinski definition) is 2. The molecule has 0 bridgehead atoms. The summed E-state index contributed by atoms with van der Waals surface area (Å²) in [4.78, 5) is 25.3. The largest absolute Gasteiger partial charge is 0.360 e. The predicted molar refractivity (Wildman–Crippen MR) is 113 cm³/mol. The van der Waals surface area contributed by atoms with Gasteiger partial charge in [0.15, 0.2) is 0 Å². The SMILES string of the molecule is Cc1ccc(C)c(S(=O)(=O)N2CCCO[C@H]2CNC(=O)C(=O)NCc2cccs2)c1. The summed E-state index contributed by atoms with van der Waals surface area (Å²) in [6.45, 7) is 4.38. The lowest BCUT2D eigenvalue weighted by molar-refractivity contribution is -0.140. The predicted octanol–water partition coefficient (Wildman–Crippen LogP) is 1.53. The van der Waals surface area contributed by atoms with Gasteiger partial charge in [0.05, 0.1) is 24.6 Å². The summed E-state index contributed by atoms with van der Waals surface area (Å²) in [6.07, 6.45) is -0.326. The highest BCUT2D eigenvalue weighted by atomic mass is 32.2. The van der Waals surface area contributed by atoms with Crippen molar-refractivity contribution in [3.63, 3.8) is 0 Å². The molecule has 3 rings (SSSR count). The molecule has 10 heteroatoms. The molecule has 0 radical (unpaired) electrons. The molecule has 1 aliphatic heterocycles. The van der Waals surface area contributed by atoms with E-state index >= 15 is 0 Å². The number of ether oxygens (including phenoxy) is 1. The second-order valence-electron chi connectivity index (χ2n) is 7.04. The lowest BCUT2D eigenvalue weighted by atomic mass is 10.2. The first-order valence-electron chi connectivity index (χ1n) is 9.58. The van der Waals surface area contributed by atoms with E-state index in [4.69, 9.17) is 4.74 Å². The molecule has 8 nitrogen and oxygen atoms in total. The number of benzene rings is 1. The van der Waals surface area contributed by atoms with Crippen LogP contribution >= 0.6 is 11.3 Å². The Morgan fingerprint density at radius 3 is 2.70 bits per heavy atom. The van der Waals surface area contributed by atoms with E-state index in [0.717, 1.165) is 10.4 Å². The van der Waals surface area contributed by atoms with Gasteiger partial charge in [-0.1, -0.05) is 18.2 Å². The number of nitrogens with one attached hydrogen (secondary N) is 2. The third kappa shape index (κ3) is 5.25. The first kappa shape index (κ1) is 22.4. The quantitative estimate of drug-likeness (QED) is 0.648. The molecule has 2 amide bonds. The monoisotopic (exact) mass is 451 g/mol. The van der Waals surface area contributed by atoms with E-state index in [1.807, 2.05) is 30.5 Å². The van der Waals surface area contributed by atoms with Gasteiger partial charge in [0, 0.05) is 11.4 Å². The Kier molecular flexibility index (Phi) is 7.24. The molecule has 1 saturated heterocycles. The Labute approximate surface area is 180 Å². The summed E-state index contributed by atoms with van der Waals surface area (Å²) in [5.74, 6) is -1.60. The summed E-state index contributed by atoms with van der Waals surface area (Å²) in [6, 6.07) is 8.97. The number of amides is 2. The first-order chi connectivity index (χ1) is 14.3. The maximum atomic E-state index is 13.2. The van der Waals surface area contributed by atoms with Crippen LogP contribution in [0.25, 0.3) is 0 Å². The summed E-state index contributed by atoms with van der Waals surface area (Å²) in [5.41, 5.74) is 1.48. The lowest BCUT2D eigenvalue weighted by Crippen LogP contribution is -2.53. The van der Waals surface area contributed by atoms with E-state index in [2.05, 4.69) is 10.6 Å². The topological polar surface area (TPSA) is 105 Å². The molecule has 2 aromatic rings. The zero-order valence-corrected chi connectivity index (χ0v) is 18.5. The van der Waals surface area contributed by atoms with E-state index in [0.29, 0.717) is 18.6 Å². The van der Waals surface area contributed by atoms with Crippen molar-refractivity contribution in [3.05, 3.63) is 51.7 Å². The van der Waals surface area contributed by atoms with Crippen molar-refractivity contribution in [2.75, 3.05) is 19.7 Å². The Hall–Kier alpha value is -2.27. The summed E-state index contributed by atoms with van der Waals surface area (Å²) >= 11 is 1.48. The second-order valence-corrected chi connectivity index (χ2v) is 9.93. The third-order valence-electron chi connectivity index (χ3n) is 4.73. The van der Waals surface area contributed by atoms with Crippen LogP contribution in [0.15, 0.2) is 40.6 Å². The van der Waals surface area contributed by atoms with Crippen LogP contribution in [0.4, 0.5) is 0 Å². The third-order valence-corrected chi connectivity index (χ3v) is 7.64. The number of nitrogens with zero attached hydrogens (tertiary/aromatic N) is 1. The normalized spacial score (nSPS) is 17.5. The van der Waals surface area contributed by atoms with Gasteiger partial charge in [0.1, 0.15) is 6.23 Å². The van der Waals surface area contributed by atoms with Gasteiger partial charge in [0.2, 0.25) is 10.0 Å². The maximum Gasteiger partial charge on any atom is 0.309 e. The van der Waals surface area contributed by atoms with Gasteiger partial charge in [-0.15, -0.1) is 11.3 Å². The van der Waals surface area contributed by atoms with E-state index < -0.39 is 28.1 Å². The van der Waals surface area contributed by atoms with Crippen LogP contribution in [0, 0.1) is 13.8 Å². The van der Waals surface area contributed by atoms with Crippen molar-refractivity contribution in [3.8, 4) is 0 Å². The minimum atomic E-state index is -3.81. The van der Waals surface area contributed by atoms with Crippen molar-refractivity contribution in [1.82, 2.24) is 14.9 Å². The van der Waals surface area contributed by atoms with Crippen molar-refractivity contribution in [1.29, 1.82) is 0 Å². The van der Waals surface area contributed by atoms with Gasteiger partial charge in [-0.25, -0.2) is 8.42 Å². The van der Waals surface area contributed by atoms with E-state index in [1.54, 1.807) is 19.1 Å². The number of carbonyl (C=O) groups excluding carboxylic acids is 2. The Morgan fingerprint density at radius 2 is 1.97 bits per heavy atom. The number of carbonyl (C=O) groups is 2. The molecular formula is C20H25N3O5S2. The average Bonchev–Trinajstić information content (AvgIpc) is 3.25. The molecule has 0 aliphatic carbocycles. The first-order valence-corrected chi connectivity index (χ1v) is 11.9. The summed E-state index contributed by atoms with van der Waals surface area (Å²) < 4.78 is 33.3. The molecule has 0 unspecified atom stereocenters. The minimum Gasteiger partial charge on any atom is -0.360 e. The van der Waals surface area contributed by atoms with Crippen LogP contribution < -0.4 is 10.6 Å². The molecule has 1 fully saturated rings. The van der Waals surface area contributed by atoms with Crippen LogP contribution in [0.2, 0.25) is 0 Å². The van der Waals surface area contributed by atoms with Gasteiger partial charge in [-0.05, 0) is 48.9 Å². The number of thiophene rings is 1. The zero-order chi connectivity index (χ0) is 21.7. The molecule has 1 atom stereocenters. The van der Waals surface area contributed by atoms with Crippen molar-refractivity contribution >= 4 is 33.2 Å². The van der Waals surface area contributed by atoms with Crippen LogP contribution in [0.5, 0.6) is 0 Å². The van der Waals surface area contributed by atoms with Gasteiger partial charge in [0.25, 0.3) is 0 Å². The van der Waals surface area contributed by atoms with Gasteiger partial charge in [-0.3, -0.25) is 9.59 Å². The Bertz CT molecular complexity index is 1010. The summed E-state index contributed by atoms with van der Waals surface area (Å²) in [5, 5.41) is 6.91. The maximum absolute atomic E-state index is 13.2. The fourth-order valence-electron chi connectivity index (χ4n) is 3.14. The molecule has 0 spiro atoms. The molecule has 0 saturated carbocycles.